The zero-order valence-electron chi connectivity index (χ0n) is 11.3. The zero-order chi connectivity index (χ0) is 14.4. The summed E-state index contributed by atoms with van der Waals surface area (Å²) in [5.41, 5.74) is 0.643. The largest absolute Gasteiger partial charge is 0.353 e. The molecule has 0 spiro atoms. The van der Waals surface area contributed by atoms with Crippen LogP contribution in [0.25, 0.3) is 0 Å². The Labute approximate surface area is 123 Å². The molecule has 0 saturated heterocycles. The summed E-state index contributed by atoms with van der Waals surface area (Å²) >= 11 is 5.76. The summed E-state index contributed by atoms with van der Waals surface area (Å²) in [6, 6.07) is 7.04. The van der Waals surface area contributed by atoms with E-state index in [1.807, 2.05) is 0 Å². The van der Waals surface area contributed by atoms with E-state index >= 15 is 0 Å². The maximum absolute atomic E-state index is 11.8. The van der Waals surface area contributed by atoms with E-state index < -0.39 is 0 Å². The lowest BCUT2D eigenvalue weighted by Gasteiger charge is -2.22. The monoisotopic (exact) mass is 294 g/mol. The van der Waals surface area contributed by atoms with E-state index in [-0.39, 0.29) is 24.3 Å². The fourth-order valence-corrected chi connectivity index (χ4v) is 2.54. The van der Waals surface area contributed by atoms with Crippen molar-refractivity contribution in [1.29, 1.82) is 0 Å². The number of halogens is 1. The fraction of sp³-hybridized carbons (Fsp3) is 0.467. The summed E-state index contributed by atoms with van der Waals surface area (Å²) in [5, 5.41) is 6.21. The molecule has 4 nitrogen and oxygen atoms in total. The third kappa shape index (κ3) is 4.85. The van der Waals surface area contributed by atoms with Crippen LogP contribution < -0.4 is 10.6 Å². The molecule has 2 amide bonds. The van der Waals surface area contributed by atoms with Gasteiger partial charge < -0.3 is 10.6 Å². The van der Waals surface area contributed by atoms with Gasteiger partial charge in [0.15, 0.2) is 0 Å². The maximum Gasteiger partial charge on any atom is 0.233 e. The minimum absolute atomic E-state index is 0.140. The molecule has 1 aromatic carbocycles. The minimum Gasteiger partial charge on any atom is -0.353 e. The summed E-state index contributed by atoms with van der Waals surface area (Å²) in [6.07, 6.45) is 5.45. The Hall–Kier alpha value is -1.55. The molecule has 0 bridgehead atoms. The molecular weight excluding hydrogens is 276 g/mol. The maximum atomic E-state index is 11.8. The van der Waals surface area contributed by atoms with E-state index in [0.29, 0.717) is 10.7 Å². The van der Waals surface area contributed by atoms with Crippen LogP contribution in [0.2, 0.25) is 5.02 Å². The summed E-state index contributed by atoms with van der Waals surface area (Å²) in [6.45, 7) is 0. The average molecular weight is 295 g/mol. The number of hydrogen-bond acceptors (Lipinski definition) is 2. The standard InChI is InChI=1S/C15H19ClN2O2/c16-11-6-8-13(9-7-11)18-15(20)10-14(19)17-12-4-2-1-3-5-12/h6-9,12H,1-5,10H2,(H,17,19)(H,18,20). The highest BCUT2D eigenvalue weighted by Crippen LogP contribution is 2.17. The summed E-state index contributed by atoms with van der Waals surface area (Å²) in [5.74, 6) is -0.510. The molecule has 2 N–H and O–H groups in total. The third-order valence-corrected chi connectivity index (χ3v) is 3.67. The van der Waals surface area contributed by atoms with Gasteiger partial charge in [-0.25, -0.2) is 0 Å². The molecule has 0 unspecified atom stereocenters. The molecule has 5 heteroatoms. The predicted molar refractivity (Wildman–Crippen MR) is 79.7 cm³/mol. The van der Waals surface area contributed by atoms with Crippen LogP contribution in [0.4, 0.5) is 5.69 Å². The van der Waals surface area contributed by atoms with E-state index in [1.54, 1.807) is 24.3 Å². The highest BCUT2D eigenvalue weighted by molar-refractivity contribution is 6.30. The van der Waals surface area contributed by atoms with E-state index in [1.165, 1.54) is 6.42 Å². The van der Waals surface area contributed by atoms with Crippen molar-refractivity contribution in [3.63, 3.8) is 0 Å². The number of hydrogen-bond donors (Lipinski definition) is 2. The smallest absolute Gasteiger partial charge is 0.233 e. The molecule has 20 heavy (non-hydrogen) atoms. The molecular formula is C15H19ClN2O2. The first kappa shape index (κ1) is 14.9. The number of nitrogens with one attached hydrogen (secondary N) is 2. The molecule has 0 atom stereocenters. The third-order valence-electron chi connectivity index (χ3n) is 3.42. The second kappa shape index (κ2) is 7.29. The van der Waals surface area contributed by atoms with E-state index in [9.17, 15) is 9.59 Å². The first-order valence-electron chi connectivity index (χ1n) is 6.98. The van der Waals surface area contributed by atoms with Gasteiger partial charge in [0.1, 0.15) is 6.42 Å². The molecule has 1 saturated carbocycles. The Morgan fingerprint density at radius 1 is 1.05 bits per heavy atom. The van der Waals surface area contributed by atoms with E-state index in [4.69, 9.17) is 11.6 Å². The van der Waals surface area contributed by atoms with Crippen LogP contribution in [0.5, 0.6) is 0 Å². The van der Waals surface area contributed by atoms with Crippen molar-refractivity contribution in [2.75, 3.05) is 5.32 Å². The molecule has 0 aliphatic heterocycles. The Kier molecular flexibility index (Phi) is 5.41. The predicted octanol–water partition coefficient (Wildman–Crippen LogP) is 3.12. The highest BCUT2D eigenvalue weighted by Gasteiger charge is 2.17. The van der Waals surface area contributed by atoms with Gasteiger partial charge in [0.05, 0.1) is 0 Å². The summed E-state index contributed by atoms with van der Waals surface area (Å²) in [4.78, 5) is 23.5. The van der Waals surface area contributed by atoms with Crippen molar-refractivity contribution in [2.45, 2.75) is 44.6 Å². The highest BCUT2D eigenvalue weighted by atomic mass is 35.5. The molecule has 1 aliphatic carbocycles. The summed E-state index contributed by atoms with van der Waals surface area (Å²) < 4.78 is 0. The van der Waals surface area contributed by atoms with Gasteiger partial charge in [0.2, 0.25) is 11.8 Å². The van der Waals surface area contributed by atoms with Crippen LogP contribution >= 0.6 is 11.6 Å². The molecule has 0 radical (unpaired) electrons. The van der Waals surface area contributed by atoms with Gasteiger partial charge >= 0.3 is 0 Å². The molecule has 1 aliphatic rings. The zero-order valence-corrected chi connectivity index (χ0v) is 12.1. The van der Waals surface area contributed by atoms with Gasteiger partial charge in [-0.15, -0.1) is 0 Å². The van der Waals surface area contributed by atoms with Gasteiger partial charge in [-0.3, -0.25) is 9.59 Å². The van der Waals surface area contributed by atoms with Gasteiger partial charge in [-0.1, -0.05) is 30.9 Å². The number of carbonyl (C=O) groups excluding carboxylic acids is 2. The minimum atomic E-state index is -0.305. The lowest BCUT2D eigenvalue weighted by molar-refractivity contribution is -0.127. The second-order valence-electron chi connectivity index (χ2n) is 5.13. The number of amides is 2. The number of benzene rings is 1. The van der Waals surface area contributed by atoms with E-state index in [0.717, 1.165) is 25.7 Å². The van der Waals surface area contributed by atoms with Gasteiger partial charge in [0.25, 0.3) is 0 Å². The van der Waals surface area contributed by atoms with Crippen molar-refractivity contribution in [2.24, 2.45) is 0 Å². The Balaban J connectivity index is 1.75. The fourth-order valence-electron chi connectivity index (χ4n) is 2.41. The second-order valence-corrected chi connectivity index (χ2v) is 5.57. The van der Waals surface area contributed by atoms with Crippen LogP contribution in [0.3, 0.4) is 0 Å². The summed E-state index contributed by atoms with van der Waals surface area (Å²) in [7, 11) is 0. The van der Waals surface area contributed by atoms with Crippen molar-refractivity contribution in [1.82, 2.24) is 5.32 Å². The SMILES string of the molecule is O=C(CC(=O)NC1CCCCC1)Nc1ccc(Cl)cc1. The topological polar surface area (TPSA) is 58.2 Å². The number of anilines is 1. The molecule has 1 fully saturated rings. The first-order valence-corrected chi connectivity index (χ1v) is 7.36. The van der Waals surface area contributed by atoms with E-state index in [2.05, 4.69) is 10.6 Å². The van der Waals surface area contributed by atoms with Crippen LogP contribution in [-0.2, 0) is 9.59 Å². The normalized spacial score (nSPS) is 15.7. The molecule has 1 aromatic rings. The van der Waals surface area contributed by atoms with Crippen molar-refractivity contribution >= 4 is 29.1 Å². The average Bonchev–Trinajstić information content (AvgIpc) is 2.42. The van der Waals surface area contributed by atoms with Gasteiger partial charge in [-0.05, 0) is 37.1 Å². The molecule has 108 valence electrons. The lowest BCUT2D eigenvalue weighted by Crippen LogP contribution is -2.37. The number of carbonyl (C=O) groups is 2. The van der Waals surface area contributed by atoms with Crippen molar-refractivity contribution < 1.29 is 9.59 Å². The van der Waals surface area contributed by atoms with Crippen LogP contribution in [0.1, 0.15) is 38.5 Å². The Morgan fingerprint density at radius 3 is 2.35 bits per heavy atom. The first-order chi connectivity index (χ1) is 9.63. The van der Waals surface area contributed by atoms with Crippen LogP contribution in [0, 0.1) is 0 Å². The molecule has 2 rings (SSSR count). The Bertz CT molecular complexity index is 467. The lowest BCUT2D eigenvalue weighted by atomic mass is 9.95. The molecule has 0 aromatic heterocycles. The van der Waals surface area contributed by atoms with Crippen LogP contribution in [0.15, 0.2) is 24.3 Å². The number of rotatable bonds is 4. The van der Waals surface area contributed by atoms with Gasteiger partial charge in [-0.2, -0.15) is 0 Å². The van der Waals surface area contributed by atoms with Crippen molar-refractivity contribution in [3.8, 4) is 0 Å². The van der Waals surface area contributed by atoms with Gasteiger partial charge in [0, 0.05) is 16.8 Å². The Morgan fingerprint density at radius 2 is 1.70 bits per heavy atom. The quantitative estimate of drug-likeness (QED) is 0.838. The van der Waals surface area contributed by atoms with Crippen molar-refractivity contribution in [3.05, 3.63) is 29.3 Å². The molecule has 0 heterocycles. The van der Waals surface area contributed by atoms with Crippen LogP contribution in [-0.4, -0.2) is 17.9 Å².